The number of aromatic amines is 1. The van der Waals surface area contributed by atoms with Gasteiger partial charge in [0, 0.05) is 28.4 Å². The number of aromatic nitrogens is 1. The summed E-state index contributed by atoms with van der Waals surface area (Å²) in [5.74, 6) is -0.754. The van der Waals surface area contributed by atoms with E-state index in [9.17, 15) is 4.79 Å². The molecule has 1 aromatic heterocycles. The highest BCUT2D eigenvalue weighted by Crippen LogP contribution is 2.29. The van der Waals surface area contributed by atoms with Crippen LogP contribution < -0.4 is 0 Å². The Bertz CT molecular complexity index is 519. The van der Waals surface area contributed by atoms with Crippen LogP contribution in [-0.2, 0) is 11.2 Å². The predicted molar refractivity (Wildman–Crippen MR) is 66.0 cm³/mol. The van der Waals surface area contributed by atoms with Crippen molar-refractivity contribution in [3.05, 3.63) is 30.0 Å². The molecular weight excluding hydrogens is 222 g/mol. The van der Waals surface area contributed by atoms with Gasteiger partial charge in [0.05, 0.1) is 0 Å². The number of thioether (sulfide) groups is 1. The zero-order chi connectivity index (χ0) is 11.5. The van der Waals surface area contributed by atoms with Gasteiger partial charge in [-0.15, -0.1) is 11.8 Å². The standard InChI is InChI=1S/C12H13NO2S/c1-16-10-4-2-3-9-12(10)8(7-13-9)5-6-11(14)15/h2-4,7,13H,5-6H2,1H3,(H,14,15). The molecule has 0 aliphatic heterocycles. The van der Waals surface area contributed by atoms with E-state index in [1.165, 1.54) is 4.90 Å². The van der Waals surface area contributed by atoms with Gasteiger partial charge >= 0.3 is 5.97 Å². The largest absolute Gasteiger partial charge is 0.481 e. The molecule has 0 bridgehead atoms. The van der Waals surface area contributed by atoms with Crippen molar-refractivity contribution in [2.24, 2.45) is 0 Å². The molecule has 84 valence electrons. The van der Waals surface area contributed by atoms with Gasteiger partial charge in [-0.3, -0.25) is 4.79 Å². The maximum atomic E-state index is 10.6. The third kappa shape index (κ3) is 2.07. The van der Waals surface area contributed by atoms with Gasteiger partial charge in [0.1, 0.15) is 0 Å². The second-order valence-corrected chi connectivity index (χ2v) is 4.44. The van der Waals surface area contributed by atoms with Crippen molar-refractivity contribution in [1.29, 1.82) is 0 Å². The molecule has 4 heteroatoms. The molecule has 2 N–H and O–H groups in total. The molecule has 0 unspecified atom stereocenters. The first-order chi connectivity index (χ1) is 7.72. The Balaban J connectivity index is 2.41. The minimum absolute atomic E-state index is 0.176. The number of hydrogen-bond acceptors (Lipinski definition) is 2. The van der Waals surface area contributed by atoms with E-state index >= 15 is 0 Å². The van der Waals surface area contributed by atoms with Crippen LogP contribution in [0.1, 0.15) is 12.0 Å². The van der Waals surface area contributed by atoms with E-state index < -0.39 is 5.97 Å². The Morgan fingerprint density at radius 3 is 3.00 bits per heavy atom. The smallest absolute Gasteiger partial charge is 0.303 e. The fourth-order valence-corrected chi connectivity index (χ4v) is 2.49. The molecule has 1 aromatic carbocycles. The summed E-state index contributed by atoms with van der Waals surface area (Å²) >= 11 is 1.68. The monoisotopic (exact) mass is 235 g/mol. The number of carboxylic acids is 1. The molecule has 0 atom stereocenters. The van der Waals surface area contributed by atoms with Crippen molar-refractivity contribution in [3.8, 4) is 0 Å². The lowest BCUT2D eigenvalue weighted by Crippen LogP contribution is -1.96. The number of aryl methyl sites for hydroxylation is 1. The van der Waals surface area contributed by atoms with Crippen molar-refractivity contribution in [2.45, 2.75) is 17.7 Å². The highest BCUT2D eigenvalue weighted by atomic mass is 32.2. The van der Waals surface area contributed by atoms with Crippen molar-refractivity contribution >= 4 is 28.6 Å². The van der Waals surface area contributed by atoms with Gasteiger partial charge in [0.15, 0.2) is 0 Å². The summed E-state index contributed by atoms with van der Waals surface area (Å²) in [6, 6.07) is 6.08. The number of aliphatic carboxylic acids is 1. The number of fused-ring (bicyclic) bond motifs is 1. The third-order valence-corrected chi connectivity index (χ3v) is 3.36. The topological polar surface area (TPSA) is 53.1 Å². The van der Waals surface area contributed by atoms with Gasteiger partial charge in [-0.1, -0.05) is 6.07 Å². The number of nitrogens with one attached hydrogen (secondary N) is 1. The van der Waals surface area contributed by atoms with E-state index in [0.29, 0.717) is 6.42 Å². The minimum Gasteiger partial charge on any atom is -0.481 e. The maximum Gasteiger partial charge on any atom is 0.303 e. The van der Waals surface area contributed by atoms with E-state index in [-0.39, 0.29) is 6.42 Å². The molecule has 1 heterocycles. The second kappa shape index (κ2) is 4.61. The van der Waals surface area contributed by atoms with Crippen LogP contribution in [0.3, 0.4) is 0 Å². The molecule has 0 amide bonds. The molecule has 2 rings (SSSR count). The first-order valence-corrected chi connectivity index (χ1v) is 6.29. The molecular formula is C12H13NO2S. The fourth-order valence-electron chi connectivity index (χ4n) is 1.83. The molecule has 3 nitrogen and oxygen atoms in total. The first-order valence-electron chi connectivity index (χ1n) is 5.07. The summed E-state index contributed by atoms with van der Waals surface area (Å²) < 4.78 is 0. The van der Waals surface area contributed by atoms with Gasteiger partial charge in [0.2, 0.25) is 0 Å². The molecule has 0 aliphatic carbocycles. The van der Waals surface area contributed by atoms with Gasteiger partial charge in [0.25, 0.3) is 0 Å². The molecule has 2 aromatic rings. The number of rotatable bonds is 4. The molecule has 0 radical (unpaired) electrons. The maximum absolute atomic E-state index is 10.6. The summed E-state index contributed by atoms with van der Waals surface area (Å²) in [4.78, 5) is 14.9. The molecule has 0 aliphatic rings. The number of carboxylic acid groups (broad SMARTS) is 1. The summed E-state index contributed by atoms with van der Waals surface area (Å²) in [6.07, 6.45) is 4.69. The molecule has 0 spiro atoms. The Morgan fingerprint density at radius 1 is 1.50 bits per heavy atom. The number of benzene rings is 1. The summed E-state index contributed by atoms with van der Waals surface area (Å²) in [6.45, 7) is 0. The van der Waals surface area contributed by atoms with Crippen molar-refractivity contribution in [2.75, 3.05) is 6.26 Å². The molecule has 0 fully saturated rings. The van der Waals surface area contributed by atoms with Crippen LogP contribution >= 0.6 is 11.8 Å². The summed E-state index contributed by atoms with van der Waals surface area (Å²) in [7, 11) is 0. The summed E-state index contributed by atoms with van der Waals surface area (Å²) in [5.41, 5.74) is 2.16. The van der Waals surface area contributed by atoms with Crippen LogP contribution in [0.2, 0.25) is 0 Å². The second-order valence-electron chi connectivity index (χ2n) is 3.59. The van der Waals surface area contributed by atoms with Crippen LogP contribution in [0.15, 0.2) is 29.3 Å². The van der Waals surface area contributed by atoms with Gasteiger partial charge in [-0.05, 0) is 30.4 Å². The highest BCUT2D eigenvalue weighted by Gasteiger charge is 2.09. The van der Waals surface area contributed by atoms with Gasteiger partial charge < -0.3 is 10.1 Å². The van der Waals surface area contributed by atoms with E-state index in [1.807, 2.05) is 24.6 Å². The quantitative estimate of drug-likeness (QED) is 0.801. The van der Waals surface area contributed by atoms with E-state index in [4.69, 9.17) is 5.11 Å². The van der Waals surface area contributed by atoms with Crippen LogP contribution in [-0.4, -0.2) is 22.3 Å². The molecule has 16 heavy (non-hydrogen) atoms. The first kappa shape index (κ1) is 11.1. The van der Waals surface area contributed by atoms with E-state index in [1.54, 1.807) is 11.8 Å². The Hall–Kier alpha value is -1.42. The van der Waals surface area contributed by atoms with Crippen LogP contribution in [0, 0.1) is 0 Å². The van der Waals surface area contributed by atoms with Crippen molar-refractivity contribution in [3.63, 3.8) is 0 Å². The minimum atomic E-state index is -0.754. The number of hydrogen-bond donors (Lipinski definition) is 2. The Morgan fingerprint density at radius 2 is 2.31 bits per heavy atom. The van der Waals surface area contributed by atoms with Crippen molar-refractivity contribution < 1.29 is 9.90 Å². The molecule has 0 saturated carbocycles. The van der Waals surface area contributed by atoms with Crippen molar-refractivity contribution in [1.82, 2.24) is 4.98 Å². The number of carbonyl (C=O) groups is 1. The summed E-state index contributed by atoms with van der Waals surface area (Å²) in [5, 5.41) is 9.86. The predicted octanol–water partition coefficient (Wildman–Crippen LogP) is 2.91. The number of H-pyrrole nitrogens is 1. The lowest BCUT2D eigenvalue weighted by Gasteiger charge is -2.02. The average molecular weight is 235 g/mol. The SMILES string of the molecule is CSc1cccc2[nH]cc(CCC(=O)O)c12. The fraction of sp³-hybridized carbons (Fsp3) is 0.250. The van der Waals surface area contributed by atoms with E-state index in [0.717, 1.165) is 16.5 Å². The zero-order valence-electron chi connectivity index (χ0n) is 8.99. The highest BCUT2D eigenvalue weighted by molar-refractivity contribution is 7.98. The Labute approximate surface area is 97.9 Å². The normalized spacial score (nSPS) is 10.8. The Kier molecular flexibility index (Phi) is 3.19. The van der Waals surface area contributed by atoms with Gasteiger partial charge in [-0.2, -0.15) is 0 Å². The third-order valence-electron chi connectivity index (χ3n) is 2.58. The zero-order valence-corrected chi connectivity index (χ0v) is 9.80. The average Bonchev–Trinajstić information content (AvgIpc) is 2.69. The van der Waals surface area contributed by atoms with Crippen LogP contribution in [0.5, 0.6) is 0 Å². The van der Waals surface area contributed by atoms with Crippen LogP contribution in [0.25, 0.3) is 10.9 Å². The van der Waals surface area contributed by atoms with E-state index in [2.05, 4.69) is 11.1 Å². The van der Waals surface area contributed by atoms with Gasteiger partial charge in [-0.25, -0.2) is 0 Å². The van der Waals surface area contributed by atoms with Crippen LogP contribution in [0.4, 0.5) is 0 Å². The lowest BCUT2D eigenvalue weighted by molar-refractivity contribution is -0.136. The lowest BCUT2D eigenvalue weighted by atomic mass is 10.1. The molecule has 0 saturated heterocycles.